The fourth-order valence-corrected chi connectivity index (χ4v) is 3.02. The molecule has 0 radical (unpaired) electrons. The fourth-order valence-electron chi connectivity index (χ4n) is 1.85. The van der Waals surface area contributed by atoms with Gasteiger partial charge in [-0.05, 0) is 36.0 Å². The van der Waals surface area contributed by atoms with Gasteiger partial charge < -0.3 is 16.6 Å². The molecule has 1 fully saturated rings. The average molecular weight is 361 g/mol. The number of nitrogens with two attached hydrogens (primary N) is 2. The number of nitrogens with one attached hydrogen (secondary N) is 1. The number of nitrogen functional groups attached to an aromatic ring is 2. The first-order chi connectivity index (χ1) is 11.4. The molecule has 1 amide bonds. The van der Waals surface area contributed by atoms with E-state index in [1.54, 1.807) is 18.2 Å². The predicted molar refractivity (Wildman–Crippen MR) is 95.4 cm³/mol. The lowest BCUT2D eigenvalue weighted by Gasteiger charge is -2.15. The molecular weight excluding hydrogens is 350 g/mol. The molecule has 6 N–H and O–H groups in total. The Balaban J connectivity index is 1.82. The minimum Gasteiger partial charge on any atom is -0.508 e. The maximum atomic E-state index is 12.5. The van der Waals surface area contributed by atoms with E-state index in [0.29, 0.717) is 4.91 Å². The van der Waals surface area contributed by atoms with Crippen LogP contribution in [0.15, 0.2) is 29.2 Å². The monoisotopic (exact) mass is 361 g/mol. The summed E-state index contributed by atoms with van der Waals surface area (Å²) in [6.07, 6.45) is 1.66. The minimum absolute atomic E-state index is 0.0159. The number of thiocarbonyl (C=S) groups is 1. The first kappa shape index (κ1) is 16.0. The van der Waals surface area contributed by atoms with E-state index in [2.05, 4.69) is 20.4 Å². The number of phenols is 1. The highest BCUT2D eigenvalue weighted by atomic mass is 32.2. The molecule has 11 heteroatoms. The van der Waals surface area contributed by atoms with E-state index in [1.807, 2.05) is 0 Å². The van der Waals surface area contributed by atoms with Crippen molar-refractivity contribution in [3.8, 4) is 5.75 Å². The lowest BCUT2D eigenvalue weighted by atomic mass is 10.2. The third-order valence-electron chi connectivity index (χ3n) is 2.87. The fraction of sp³-hybridized carbons (Fsp3) is 0. The summed E-state index contributed by atoms with van der Waals surface area (Å²) in [5.74, 6) is -0.352. The van der Waals surface area contributed by atoms with Crippen molar-refractivity contribution in [2.24, 2.45) is 0 Å². The first-order valence-electron chi connectivity index (χ1n) is 6.53. The zero-order valence-corrected chi connectivity index (χ0v) is 13.6. The maximum Gasteiger partial charge on any atom is 0.285 e. The van der Waals surface area contributed by atoms with Gasteiger partial charge in [0.2, 0.25) is 17.8 Å². The number of thioether (sulfide) groups is 1. The molecule has 1 aromatic heterocycles. The van der Waals surface area contributed by atoms with Crippen molar-refractivity contribution in [2.45, 2.75) is 0 Å². The third-order valence-corrected chi connectivity index (χ3v) is 4.17. The van der Waals surface area contributed by atoms with Crippen LogP contribution in [-0.2, 0) is 4.79 Å². The molecule has 1 aromatic carbocycles. The Morgan fingerprint density at radius 1 is 1.17 bits per heavy atom. The number of benzene rings is 1. The highest BCUT2D eigenvalue weighted by Crippen LogP contribution is 2.32. The van der Waals surface area contributed by atoms with Gasteiger partial charge in [-0.15, -0.1) is 0 Å². The summed E-state index contributed by atoms with van der Waals surface area (Å²) >= 11 is 6.31. The van der Waals surface area contributed by atoms with Crippen molar-refractivity contribution >= 4 is 58.1 Å². The number of carbonyl (C=O) groups is 1. The van der Waals surface area contributed by atoms with Crippen LogP contribution in [0.3, 0.4) is 0 Å². The second-order valence-electron chi connectivity index (χ2n) is 4.60. The number of hydrogen-bond acceptors (Lipinski definition) is 10. The summed E-state index contributed by atoms with van der Waals surface area (Å²) in [4.78, 5) is 24.2. The number of nitrogens with zero attached hydrogens (tertiary/aromatic N) is 4. The van der Waals surface area contributed by atoms with Crippen LogP contribution in [0.25, 0.3) is 6.08 Å². The van der Waals surface area contributed by atoms with E-state index >= 15 is 0 Å². The van der Waals surface area contributed by atoms with Gasteiger partial charge in [0, 0.05) is 0 Å². The molecule has 0 atom stereocenters. The number of aromatic hydroxyl groups is 1. The second kappa shape index (κ2) is 6.29. The predicted octanol–water partition coefficient (Wildman–Crippen LogP) is 0.970. The number of rotatable bonds is 3. The quantitative estimate of drug-likeness (QED) is 0.461. The van der Waals surface area contributed by atoms with Crippen LogP contribution in [0.4, 0.5) is 17.8 Å². The molecule has 0 spiro atoms. The molecule has 0 bridgehead atoms. The van der Waals surface area contributed by atoms with Gasteiger partial charge in [-0.25, -0.2) is 0 Å². The molecule has 9 nitrogen and oxygen atoms in total. The maximum absolute atomic E-state index is 12.5. The van der Waals surface area contributed by atoms with Gasteiger partial charge in [0.15, 0.2) is 4.32 Å². The van der Waals surface area contributed by atoms with Crippen molar-refractivity contribution in [2.75, 3.05) is 16.9 Å². The Hall–Kier alpha value is -2.92. The van der Waals surface area contributed by atoms with Crippen LogP contribution in [-0.4, -0.2) is 35.3 Å². The van der Waals surface area contributed by atoms with Crippen LogP contribution < -0.4 is 16.9 Å². The third kappa shape index (κ3) is 3.36. The normalized spacial score (nSPS) is 16.0. The Morgan fingerprint density at radius 2 is 1.79 bits per heavy atom. The number of aromatic nitrogens is 3. The van der Waals surface area contributed by atoms with Crippen molar-refractivity contribution in [1.82, 2.24) is 20.0 Å². The summed E-state index contributed by atoms with van der Waals surface area (Å²) in [5, 5.41) is 10.4. The Bertz CT molecular complexity index is 834. The van der Waals surface area contributed by atoms with E-state index in [0.717, 1.165) is 22.3 Å². The highest BCUT2D eigenvalue weighted by Gasteiger charge is 2.33. The van der Waals surface area contributed by atoms with Crippen LogP contribution >= 0.6 is 24.0 Å². The molecule has 3 rings (SSSR count). The minimum atomic E-state index is -0.365. The molecular formula is C13H11N7O2S2. The number of carbonyl (C=O) groups excluding carboxylic acids is 1. The largest absolute Gasteiger partial charge is 0.508 e. The second-order valence-corrected chi connectivity index (χ2v) is 6.27. The summed E-state index contributed by atoms with van der Waals surface area (Å²) in [5.41, 5.74) is 14.4. The van der Waals surface area contributed by atoms with Crippen molar-refractivity contribution in [3.63, 3.8) is 0 Å². The number of hydrogen-bond donors (Lipinski definition) is 4. The summed E-state index contributed by atoms with van der Waals surface area (Å²) < 4.78 is 0.280. The molecule has 1 aliphatic heterocycles. The van der Waals surface area contributed by atoms with Crippen LogP contribution in [0.5, 0.6) is 5.75 Å². The standard InChI is InChI=1S/C13H11N7O2S2/c14-10-16-11(15)18-12(17-10)19-20-9(22)8(24-13(20)23)5-6-1-3-7(21)4-2-6/h1-5,21H,(H5,14,15,16,17,18,19). The van der Waals surface area contributed by atoms with Gasteiger partial charge in [-0.3, -0.25) is 10.2 Å². The summed E-state index contributed by atoms with van der Waals surface area (Å²) in [6, 6.07) is 6.42. The van der Waals surface area contributed by atoms with E-state index in [9.17, 15) is 9.90 Å². The number of phenolic OH excluding ortho intramolecular Hbond substituents is 1. The van der Waals surface area contributed by atoms with Gasteiger partial charge >= 0.3 is 0 Å². The van der Waals surface area contributed by atoms with Gasteiger partial charge in [0.1, 0.15) is 5.75 Å². The van der Waals surface area contributed by atoms with Gasteiger partial charge in [0.05, 0.1) is 4.91 Å². The molecule has 0 saturated carbocycles. The van der Waals surface area contributed by atoms with Crippen molar-refractivity contribution < 1.29 is 9.90 Å². The van der Waals surface area contributed by atoms with Gasteiger partial charge in [-0.1, -0.05) is 23.9 Å². The van der Waals surface area contributed by atoms with Crippen LogP contribution in [0.1, 0.15) is 5.56 Å². The number of amides is 1. The first-order valence-corrected chi connectivity index (χ1v) is 7.75. The van der Waals surface area contributed by atoms with Crippen molar-refractivity contribution in [3.05, 3.63) is 34.7 Å². The smallest absolute Gasteiger partial charge is 0.285 e. The molecule has 2 heterocycles. The Morgan fingerprint density at radius 3 is 2.42 bits per heavy atom. The molecule has 1 saturated heterocycles. The zero-order chi connectivity index (χ0) is 17.3. The lowest BCUT2D eigenvalue weighted by Crippen LogP contribution is -2.34. The van der Waals surface area contributed by atoms with Crippen LogP contribution in [0, 0.1) is 0 Å². The zero-order valence-electron chi connectivity index (χ0n) is 12.0. The van der Waals surface area contributed by atoms with E-state index in [1.165, 1.54) is 12.1 Å². The topological polar surface area (TPSA) is 143 Å². The SMILES string of the molecule is Nc1nc(N)nc(NN2C(=O)C(=Cc3ccc(O)cc3)SC2=S)n1. The molecule has 0 aliphatic carbocycles. The van der Waals surface area contributed by atoms with E-state index in [-0.39, 0.29) is 33.8 Å². The Kier molecular flexibility index (Phi) is 4.18. The summed E-state index contributed by atoms with van der Waals surface area (Å²) in [7, 11) is 0. The van der Waals surface area contributed by atoms with Crippen molar-refractivity contribution in [1.29, 1.82) is 0 Å². The summed E-state index contributed by atoms with van der Waals surface area (Å²) in [6.45, 7) is 0. The Labute approximate surface area is 145 Å². The molecule has 24 heavy (non-hydrogen) atoms. The highest BCUT2D eigenvalue weighted by molar-refractivity contribution is 8.26. The van der Waals surface area contributed by atoms with Crippen LogP contribution in [0.2, 0.25) is 0 Å². The van der Waals surface area contributed by atoms with Gasteiger partial charge in [-0.2, -0.15) is 20.0 Å². The number of hydrazine groups is 1. The molecule has 2 aromatic rings. The van der Waals surface area contributed by atoms with E-state index in [4.69, 9.17) is 23.7 Å². The van der Waals surface area contributed by atoms with E-state index < -0.39 is 0 Å². The average Bonchev–Trinajstić information content (AvgIpc) is 2.76. The molecule has 122 valence electrons. The molecule has 1 aliphatic rings. The van der Waals surface area contributed by atoms with Gasteiger partial charge in [0.25, 0.3) is 5.91 Å². The number of anilines is 3. The lowest BCUT2D eigenvalue weighted by molar-refractivity contribution is -0.121. The molecule has 0 unspecified atom stereocenters.